The van der Waals surface area contributed by atoms with E-state index in [-0.39, 0.29) is 17.0 Å². The molecule has 158 valence electrons. The fourth-order valence-corrected chi connectivity index (χ4v) is 4.99. The lowest BCUT2D eigenvalue weighted by atomic mass is 9.89. The van der Waals surface area contributed by atoms with E-state index < -0.39 is 0 Å². The van der Waals surface area contributed by atoms with Gasteiger partial charge in [-0.1, -0.05) is 32.9 Å². The monoisotopic (exact) mass is 398 g/mol. The Hall–Kier alpha value is -2.08. The zero-order chi connectivity index (χ0) is 20.8. The molecule has 2 aliphatic heterocycles. The molecule has 1 aromatic carbocycles. The molecular weight excluding hydrogens is 364 g/mol. The molecule has 2 aromatic rings. The van der Waals surface area contributed by atoms with Crippen molar-refractivity contribution in [3.8, 4) is 0 Å². The highest BCUT2D eigenvalue weighted by Crippen LogP contribution is 2.27. The molecule has 6 heteroatoms. The van der Waals surface area contributed by atoms with E-state index in [2.05, 4.69) is 27.9 Å². The van der Waals surface area contributed by atoms with Crippen LogP contribution < -0.4 is 5.69 Å². The molecule has 1 unspecified atom stereocenters. The van der Waals surface area contributed by atoms with Crippen molar-refractivity contribution in [3.05, 3.63) is 34.2 Å². The molecule has 0 spiro atoms. The number of carbonyl (C=O) groups is 1. The highest BCUT2D eigenvalue weighted by molar-refractivity contribution is 5.81. The maximum absolute atomic E-state index is 12.6. The summed E-state index contributed by atoms with van der Waals surface area (Å²) in [5.41, 5.74) is 2.96. The molecule has 2 atom stereocenters. The van der Waals surface area contributed by atoms with Crippen molar-refractivity contribution in [3.63, 3.8) is 0 Å². The number of likely N-dealkylation sites (N-methyl/N-ethyl adjacent to an activating group) is 1. The van der Waals surface area contributed by atoms with Gasteiger partial charge in [0.05, 0.1) is 11.0 Å². The first-order valence-corrected chi connectivity index (χ1v) is 10.9. The number of amides is 1. The molecule has 3 heterocycles. The zero-order valence-electron chi connectivity index (χ0n) is 18.2. The fourth-order valence-electron chi connectivity index (χ4n) is 4.99. The van der Waals surface area contributed by atoms with Crippen LogP contribution in [0.3, 0.4) is 0 Å². The first kappa shape index (κ1) is 20.2. The SMILES string of the molecule is CN(CCC1CCCN(C(=O)C(C)(C)C)C1)[C@@H]1Cc2cccc3[nH]c(=O)n(c23)C1. The summed E-state index contributed by atoms with van der Waals surface area (Å²) >= 11 is 0. The van der Waals surface area contributed by atoms with E-state index in [0.717, 1.165) is 56.5 Å². The van der Waals surface area contributed by atoms with Crippen LogP contribution in [0.5, 0.6) is 0 Å². The second-order valence-electron chi connectivity index (χ2n) is 9.99. The number of carbonyl (C=O) groups excluding carboxylic acids is 1. The summed E-state index contributed by atoms with van der Waals surface area (Å²) in [5.74, 6) is 0.838. The van der Waals surface area contributed by atoms with Crippen molar-refractivity contribution in [2.24, 2.45) is 11.3 Å². The van der Waals surface area contributed by atoms with Gasteiger partial charge in [-0.2, -0.15) is 0 Å². The number of para-hydroxylation sites is 1. The van der Waals surface area contributed by atoms with Gasteiger partial charge in [0.15, 0.2) is 0 Å². The van der Waals surface area contributed by atoms with Gasteiger partial charge < -0.3 is 14.8 Å². The maximum Gasteiger partial charge on any atom is 0.326 e. The van der Waals surface area contributed by atoms with Crippen LogP contribution in [0.4, 0.5) is 0 Å². The van der Waals surface area contributed by atoms with Crippen LogP contribution in [0, 0.1) is 11.3 Å². The van der Waals surface area contributed by atoms with E-state index in [1.54, 1.807) is 0 Å². The second-order valence-corrected chi connectivity index (χ2v) is 9.99. The number of H-pyrrole nitrogens is 1. The van der Waals surface area contributed by atoms with Gasteiger partial charge in [0.25, 0.3) is 0 Å². The quantitative estimate of drug-likeness (QED) is 0.861. The van der Waals surface area contributed by atoms with Crippen molar-refractivity contribution in [2.75, 3.05) is 26.7 Å². The van der Waals surface area contributed by atoms with Gasteiger partial charge in [-0.3, -0.25) is 9.36 Å². The number of nitrogens with one attached hydrogen (secondary N) is 1. The number of rotatable bonds is 4. The first-order valence-electron chi connectivity index (χ1n) is 10.9. The number of aromatic nitrogens is 2. The van der Waals surface area contributed by atoms with Crippen molar-refractivity contribution >= 4 is 16.9 Å². The van der Waals surface area contributed by atoms with Gasteiger partial charge in [-0.15, -0.1) is 0 Å². The average molecular weight is 399 g/mol. The molecule has 1 amide bonds. The Morgan fingerprint density at radius 2 is 2.07 bits per heavy atom. The minimum atomic E-state index is -0.302. The summed E-state index contributed by atoms with van der Waals surface area (Å²) in [7, 11) is 2.17. The molecular formula is C23H34N4O2. The number of imidazole rings is 1. The van der Waals surface area contributed by atoms with Gasteiger partial charge in [0.2, 0.25) is 5.91 Å². The topological polar surface area (TPSA) is 61.3 Å². The molecule has 0 bridgehead atoms. The Balaban J connectivity index is 1.37. The van der Waals surface area contributed by atoms with Crippen LogP contribution in [0.15, 0.2) is 23.0 Å². The molecule has 1 saturated heterocycles. The fraction of sp³-hybridized carbons (Fsp3) is 0.652. The van der Waals surface area contributed by atoms with E-state index in [9.17, 15) is 9.59 Å². The van der Waals surface area contributed by atoms with Crippen molar-refractivity contribution in [1.29, 1.82) is 0 Å². The molecule has 0 saturated carbocycles. The Morgan fingerprint density at radius 1 is 1.28 bits per heavy atom. The summed E-state index contributed by atoms with van der Waals surface area (Å²) in [6, 6.07) is 6.48. The highest BCUT2D eigenvalue weighted by Gasteiger charge is 2.31. The molecule has 2 aliphatic rings. The number of nitrogens with zero attached hydrogens (tertiary/aromatic N) is 3. The average Bonchev–Trinajstić information content (AvgIpc) is 3.02. The normalized spacial score (nSPS) is 22.4. The van der Waals surface area contributed by atoms with Gasteiger partial charge in [0.1, 0.15) is 0 Å². The summed E-state index contributed by atoms with van der Waals surface area (Å²) < 4.78 is 1.90. The lowest BCUT2D eigenvalue weighted by molar-refractivity contribution is -0.141. The third-order valence-electron chi connectivity index (χ3n) is 6.69. The number of benzene rings is 1. The number of aromatic amines is 1. The van der Waals surface area contributed by atoms with Crippen LogP contribution in [-0.4, -0.2) is 58.0 Å². The van der Waals surface area contributed by atoms with E-state index >= 15 is 0 Å². The van der Waals surface area contributed by atoms with Crippen molar-refractivity contribution in [2.45, 2.75) is 59.0 Å². The maximum atomic E-state index is 12.6. The van der Waals surface area contributed by atoms with Gasteiger partial charge in [0, 0.05) is 31.1 Å². The molecule has 1 N–H and O–H groups in total. The second kappa shape index (κ2) is 7.63. The molecule has 4 rings (SSSR count). The van der Waals surface area contributed by atoms with E-state index in [1.165, 1.54) is 12.0 Å². The minimum absolute atomic E-state index is 0.00540. The third kappa shape index (κ3) is 4.00. The molecule has 0 radical (unpaired) electrons. The highest BCUT2D eigenvalue weighted by atomic mass is 16.2. The lowest BCUT2D eigenvalue weighted by Crippen LogP contribution is -2.46. The minimum Gasteiger partial charge on any atom is -0.342 e. The summed E-state index contributed by atoms with van der Waals surface area (Å²) in [4.78, 5) is 32.5. The van der Waals surface area contributed by atoms with E-state index in [0.29, 0.717) is 12.0 Å². The molecule has 0 aliphatic carbocycles. The van der Waals surface area contributed by atoms with Gasteiger partial charge >= 0.3 is 5.69 Å². The first-order chi connectivity index (χ1) is 13.7. The van der Waals surface area contributed by atoms with E-state index in [1.807, 2.05) is 37.5 Å². The molecule has 1 aromatic heterocycles. The molecule has 1 fully saturated rings. The van der Waals surface area contributed by atoms with Gasteiger partial charge in [-0.05, 0) is 56.8 Å². The zero-order valence-corrected chi connectivity index (χ0v) is 18.2. The van der Waals surface area contributed by atoms with Crippen molar-refractivity contribution in [1.82, 2.24) is 19.4 Å². The van der Waals surface area contributed by atoms with Crippen molar-refractivity contribution < 1.29 is 4.79 Å². The van der Waals surface area contributed by atoms with Crippen LogP contribution in [-0.2, 0) is 17.8 Å². The standard InChI is InChI=1S/C23H34N4O2/c1-23(2,3)21(28)26-11-6-7-16(14-26)10-12-25(4)18-13-17-8-5-9-19-20(17)27(15-18)22(29)24-19/h5,8-9,16,18H,6-7,10-15H2,1-4H3,(H,24,29)/t16?,18-/m1/s1. The lowest BCUT2D eigenvalue weighted by Gasteiger charge is -2.38. The predicted molar refractivity (Wildman–Crippen MR) is 116 cm³/mol. The molecule has 29 heavy (non-hydrogen) atoms. The Kier molecular flexibility index (Phi) is 5.32. The summed E-state index contributed by atoms with van der Waals surface area (Å²) in [6.07, 6.45) is 4.38. The number of likely N-dealkylation sites (tertiary alicyclic amines) is 1. The number of hydrogen-bond donors (Lipinski definition) is 1. The largest absolute Gasteiger partial charge is 0.342 e. The predicted octanol–water partition coefficient (Wildman–Crippen LogP) is 2.86. The summed E-state index contributed by atoms with van der Waals surface area (Å²) in [6.45, 7) is 9.54. The Morgan fingerprint density at radius 3 is 2.83 bits per heavy atom. The van der Waals surface area contributed by atoms with Crippen LogP contribution in [0.2, 0.25) is 0 Å². The van der Waals surface area contributed by atoms with Crippen LogP contribution in [0.1, 0.15) is 45.6 Å². The summed E-state index contributed by atoms with van der Waals surface area (Å²) in [5, 5.41) is 0. The Bertz CT molecular complexity index is 952. The Labute approximate surface area is 172 Å². The number of piperidine rings is 1. The third-order valence-corrected chi connectivity index (χ3v) is 6.69. The van der Waals surface area contributed by atoms with Gasteiger partial charge in [-0.25, -0.2) is 4.79 Å². The van der Waals surface area contributed by atoms with Crippen LogP contribution in [0.25, 0.3) is 11.0 Å². The molecule has 6 nitrogen and oxygen atoms in total. The van der Waals surface area contributed by atoms with E-state index in [4.69, 9.17) is 0 Å². The van der Waals surface area contributed by atoms with Crippen LogP contribution >= 0.6 is 0 Å². The number of hydrogen-bond acceptors (Lipinski definition) is 3. The smallest absolute Gasteiger partial charge is 0.326 e.